The van der Waals surface area contributed by atoms with Crippen molar-refractivity contribution in [2.24, 2.45) is 0 Å². The van der Waals surface area contributed by atoms with Crippen LogP contribution in [0.2, 0.25) is 0 Å². The molecule has 124 valence electrons. The first-order valence-electron chi connectivity index (χ1n) is 5.65. The van der Waals surface area contributed by atoms with Crippen molar-refractivity contribution in [2.75, 3.05) is 0 Å². The molecule has 0 aromatic heterocycles. The molecule has 0 radical (unpaired) electrons. The molecule has 22 heavy (non-hydrogen) atoms. The van der Waals surface area contributed by atoms with E-state index in [9.17, 15) is 31.1 Å². The molecule has 0 bridgehead atoms. The second kappa shape index (κ2) is 6.64. The van der Waals surface area contributed by atoms with Crippen molar-refractivity contribution in [3.63, 3.8) is 0 Å². The summed E-state index contributed by atoms with van der Waals surface area (Å²) < 4.78 is 84.3. The maximum Gasteiger partial charge on any atom is 0.510 e. The van der Waals surface area contributed by atoms with Gasteiger partial charge in [-0.2, -0.15) is 26.3 Å². The highest BCUT2D eigenvalue weighted by Crippen LogP contribution is 2.36. The van der Waals surface area contributed by atoms with Gasteiger partial charge in [0.25, 0.3) is 0 Å². The lowest BCUT2D eigenvalue weighted by molar-refractivity contribution is -0.143. The van der Waals surface area contributed by atoms with E-state index in [1.165, 1.54) is 6.92 Å². The highest BCUT2D eigenvalue weighted by atomic mass is 35.5. The van der Waals surface area contributed by atoms with Gasteiger partial charge in [0.05, 0.1) is 11.1 Å². The fourth-order valence-corrected chi connectivity index (χ4v) is 1.48. The number of hydrogen-bond donors (Lipinski definition) is 0. The Balaban J connectivity index is 3.01. The molecule has 0 saturated heterocycles. The van der Waals surface area contributed by atoms with Crippen LogP contribution in [0.5, 0.6) is 0 Å². The van der Waals surface area contributed by atoms with E-state index in [0.29, 0.717) is 12.1 Å². The number of halogens is 7. The Morgan fingerprint density at radius 3 is 1.91 bits per heavy atom. The summed E-state index contributed by atoms with van der Waals surface area (Å²) in [7, 11) is 0. The van der Waals surface area contributed by atoms with Gasteiger partial charge in [0, 0.05) is 0 Å². The molecule has 0 aliphatic carbocycles. The summed E-state index contributed by atoms with van der Waals surface area (Å²) in [5, 5.41) is 0. The van der Waals surface area contributed by atoms with Crippen LogP contribution in [0.15, 0.2) is 18.2 Å². The quantitative estimate of drug-likeness (QED) is 0.439. The van der Waals surface area contributed by atoms with Crippen molar-refractivity contribution < 1.29 is 40.6 Å². The Labute approximate surface area is 125 Å². The molecular formula is C12H9ClF6O3. The van der Waals surface area contributed by atoms with Crippen LogP contribution in [0.3, 0.4) is 0 Å². The van der Waals surface area contributed by atoms with Gasteiger partial charge in [-0.3, -0.25) is 0 Å². The van der Waals surface area contributed by atoms with Crippen LogP contribution in [0, 0.1) is 0 Å². The minimum Gasteiger partial charge on any atom is -0.429 e. The van der Waals surface area contributed by atoms with Gasteiger partial charge >= 0.3 is 18.5 Å². The summed E-state index contributed by atoms with van der Waals surface area (Å²) in [6, 6.07) is 0.877. The highest BCUT2D eigenvalue weighted by molar-refractivity contribution is 6.19. The van der Waals surface area contributed by atoms with E-state index in [1.54, 1.807) is 0 Å². The molecule has 0 aliphatic heterocycles. The Bertz CT molecular complexity index is 506. The molecule has 1 rings (SSSR count). The van der Waals surface area contributed by atoms with Crippen molar-refractivity contribution in [3.8, 4) is 0 Å². The highest BCUT2D eigenvalue weighted by Gasteiger charge is 2.36. The predicted octanol–water partition coefficient (Wildman–Crippen LogP) is 4.96. The van der Waals surface area contributed by atoms with E-state index < -0.39 is 47.4 Å². The average Bonchev–Trinajstić information content (AvgIpc) is 2.33. The van der Waals surface area contributed by atoms with E-state index in [0.717, 1.165) is 0 Å². The molecule has 0 amide bonds. The second-order valence-electron chi connectivity index (χ2n) is 4.11. The third kappa shape index (κ3) is 5.63. The molecule has 3 nitrogen and oxygen atoms in total. The van der Waals surface area contributed by atoms with Crippen LogP contribution >= 0.6 is 11.6 Å². The molecule has 0 saturated carbocycles. The van der Waals surface area contributed by atoms with Crippen LogP contribution in [0.25, 0.3) is 0 Å². The molecule has 1 aromatic carbocycles. The third-order valence-corrected chi connectivity index (χ3v) is 2.35. The van der Waals surface area contributed by atoms with E-state index >= 15 is 0 Å². The molecule has 0 fully saturated rings. The van der Waals surface area contributed by atoms with Crippen LogP contribution in [-0.2, 0) is 28.4 Å². The topological polar surface area (TPSA) is 35.5 Å². The van der Waals surface area contributed by atoms with Gasteiger partial charge in [0.15, 0.2) is 5.56 Å². The fraction of sp³-hybridized carbons (Fsp3) is 0.417. The minimum atomic E-state index is -4.97. The molecule has 0 heterocycles. The standard InChI is InChI=1S/C12H9ClF6O3/c1-6(13)22-10(20)21-5-7-2-8(11(14,15)16)4-9(3-7)12(17,18)19/h2-4,6H,5H2,1H3/t6-/m0/s1. The van der Waals surface area contributed by atoms with Gasteiger partial charge in [-0.05, 0) is 30.7 Å². The molecular weight excluding hydrogens is 342 g/mol. The van der Waals surface area contributed by atoms with Gasteiger partial charge in [0.1, 0.15) is 6.61 Å². The number of carbonyl (C=O) groups excluding carboxylic acids is 1. The molecule has 0 spiro atoms. The first-order chi connectivity index (χ1) is 9.89. The van der Waals surface area contributed by atoms with Gasteiger partial charge in [0.2, 0.25) is 0 Å². The second-order valence-corrected chi connectivity index (χ2v) is 4.73. The van der Waals surface area contributed by atoms with E-state index in [1.807, 2.05) is 0 Å². The molecule has 0 unspecified atom stereocenters. The molecule has 1 atom stereocenters. The smallest absolute Gasteiger partial charge is 0.429 e. The summed E-state index contributed by atoms with van der Waals surface area (Å²) in [4.78, 5) is 11.0. The number of rotatable bonds is 3. The molecule has 0 N–H and O–H groups in total. The van der Waals surface area contributed by atoms with Crippen LogP contribution in [-0.4, -0.2) is 11.7 Å². The lowest BCUT2D eigenvalue weighted by Gasteiger charge is -2.14. The SMILES string of the molecule is C[C@@H](Cl)OC(=O)OCc1cc(C(F)(F)F)cc(C(F)(F)F)c1. The predicted molar refractivity (Wildman–Crippen MR) is 63.0 cm³/mol. The zero-order valence-corrected chi connectivity index (χ0v) is 11.6. The van der Waals surface area contributed by atoms with Crippen molar-refractivity contribution >= 4 is 17.8 Å². The number of hydrogen-bond acceptors (Lipinski definition) is 3. The van der Waals surface area contributed by atoms with Crippen LogP contribution in [0.4, 0.5) is 31.1 Å². The number of ether oxygens (including phenoxy) is 2. The zero-order chi connectivity index (χ0) is 17.1. The molecule has 10 heteroatoms. The van der Waals surface area contributed by atoms with Crippen molar-refractivity contribution in [2.45, 2.75) is 31.4 Å². The normalized spacial score (nSPS) is 13.6. The van der Waals surface area contributed by atoms with Crippen LogP contribution in [0.1, 0.15) is 23.6 Å². The lowest BCUT2D eigenvalue weighted by Crippen LogP contribution is -2.14. The summed E-state index contributed by atoms with van der Waals surface area (Å²) in [6.45, 7) is 0.449. The Kier molecular flexibility index (Phi) is 5.55. The Morgan fingerprint density at radius 1 is 1.09 bits per heavy atom. The van der Waals surface area contributed by atoms with Crippen molar-refractivity contribution in [3.05, 3.63) is 34.9 Å². The van der Waals surface area contributed by atoms with Crippen molar-refractivity contribution in [1.82, 2.24) is 0 Å². The fourth-order valence-electron chi connectivity index (χ4n) is 1.41. The summed E-state index contributed by atoms with van der Waals surface area (Å²) in [6.07, 6.45) is -11.3. The van der Waals surface area contributed by atoms with E-state index in [-0.39, 0.29) is 6.07 Å². The van der Waals surface area contributed by atoms with E-state index in [2.05, 4.69) is 9.47 Å². The monoisotopic (exact) mass is 350 g/mol. The molecule has 0 aliphatic rings. The van der Waals surface area contributed by atoms with Crippen LogP contribution < -0.4 is 0 Å². The first kappa shape index (κ1) is 18.4. The van der Waals surface area contributed by atoms with E-state index in [4.69, 9.17) is 11.6 Å². The zero-order valence-electron chi connectivity index (χ0n) is 10.9. The summed E-state index contributed by atoms with van der Waals surface area (Å²) in [5.74, 6) is 0. The van der Waals surface area contributed by atoms with Gasteiger partial charge in [-0.15, -0.1) is 0 Å². The molecule has 1 aromatic rings. The number of carbonyl (C=O) groups is 1. The lowest BCUT2D eigenvalue weighted by atomic mass is 10.1. The van der Waals surface area contributed by atoms with Gasteiger partial charge < -0.3 is 9.47 Å². The minimum absolute atomic E-state index is 0.0251. The summed E-state index contributed by atoms with van der Waals surface area (Å²) >= 11 is 5.30. The number of alkyl halides is 7. The maximum atomic E-state index is 12.6. The maximum absolute atomic E-state index is 12.6. The third-order valence-electron chi connectivity index (χ3n) is 2.26. The number of benzene rings is 1. The summed E-state index contributed by atoms with van der Waals surface area (Å²) in [5.41, 5.74) is -4.54. The van der Waals surface area contributed by atoms with Crippen molar-refractivity contribution in [1.29, 1.82) is 0 Å². The Hall–Kier alpha value is -1.64. The Morgan fingerprint density at radius 2 is 1.55 bits per heavy atom. The first-order valence-corrected chi connectivity index (χ1v) is 6.09. The van der Waals surface area contributed by atoms with Gasteiger partial charge in [-0.1, -0.05) is 11.6 Å². The van der Waals surface area contributed by atoms with Gasteiger partial charge in [-0.25, -0.2) is 4.79 Å². The average molecular weight is 351 g/mol. The largest absolute Gasteiger partial charge is 0.510 e.